The summed E-state index contributed by atoms with van der Waals surface area (Å²) in [5, 5.41) is 19.8. The van der Waals surface area contributed by atoms with E-state index in [9.17, 15) is 5.11 Å². The first-order valence-electron chi connectivity index (χ1n) is 7.69. The van der Waals surface area contributed by atoms with Crippen molar-refractivity contribution < 1.29 is 14.6 Å². The lowest BCUT2D eigenvalue weighted by Crippen LogP contribution is -2.15. The van der Waals surface area contributed by atoms with Crippen LogP contribution in [0.3, 0.4) is 0 Å². The van der Waals surface area contributed by atoms with Crippen molar-refractivity contribution in [2.24, 2.45) is 10.2 Å². The molecule has 0 spiro atoms. The zero-order valence-corrected chi connectivity index (χ0v) is 13.7. The molecule has 25 heavy (non-hydrogen) atoms. The number of para-hydroxylation sites is 1. The van der Waals surface area contributed by atoms with Gasteiger partial charge in [-0.1, -0.05) is 23.5 Å². The van der Waals surface area contributed by atoms with Crippen LogP contribution in [0.5, 0.6) is 17.4 Å². The van der Waals surface area contributed by atoms with Crippen LogP contribution in [0.25, 0.3) is 21.1 Å². The second kappa shape index (κ2) is 5.45. The average Bonchev–Trinajstić information content (AvgIpc) is 3.17. The molecule has 2 N–H and O–H groups in total. The Morgan fingerprint density at radius 2 is 1.88 bits per heavy atom. The normalized spacial score (nSPS) is 13.9. The molecule has 0 atom stereocenters. The minimum Gasteiger partial charge on any atom is -0.493 e. The van der Waals surface area contributed by atoms with Crippen LogP contribution in [-0.2, 0) is 0 Å². The molecular weight excluding hydrogens is 340 g/mol. The van der Waals surface area contributed by atoms with Gasteiger partial charge in [0.25, 0.3) is 0 Å². The average molecular weight is 352 g/mol. The first kappa shape index (κ1) is 14.2. The van der Waals surface area contributed by atoms with Crippen molar-refractivity contribution in [1.29, 1.82) is 0 Å². The van der Waals surface area contributed by atoms with Gasteiger partial charge in [0, 0.05) is 11.5 Å². The van der Waals surface area contributed by atoms with Gasteiger partial charge in [-0.25, -0.2) is 4.98 Å². The number of aromatic amines is 1. The SMILES string of the molecule is Oc1[nH]c2cc3c(cc2c1N=Nc1nc2ccccc2s1)OCCO3. The quantitative estimate of drug-likeness (QED) is 0.513. The molecule has 2 aromatic heterocycles. The van der Waals surface area contributed by atoms with Gasteiger partial charge in [-0.3, -0.25) is 0 Å². The molecule has 1 aliphatic rings. The number of azo groups is 1. The van der Waals surface area contributed by atoms with Gasteiger partial charge in [0.15, 0.2) is 17.2 Å². The first-order valence-corrected chi connectivity index (χ1v) is 8.51. The van der Waals surface area contributed by atoms with Crippen LogP contribution in [0.1, 0.15) is 0 Å². The fourth-order valence-corrected chi connectivity index (χ4v) is 3.59. The Kier molecular flexibility index (Phi) is 3.10. The molecule has 7 nitrogen and oxygen atoms in total. The molecule has 3 heterocycles. The summed E-state index contributed by atoms with van der Waals surface area (Å²) < 4.78 is 12.2. The van der Waals surface area contributed by atoms with Crippen molar-refractivity contribution in [3.05, 3.63) is 36.4 Å². The zero-order chi connectivity index (χ0) is 16.8. The maximum atomic E-state index is 10.2. The van der Waals surface area contributed by atoms with Crippen LogP contribution in [0.4, 0.5) is 10.8 Å². The first-order chi connectivity index (χ1) is 12.3. The van der Waals surface area contributed by atoms with Crippen LogP contribution in [0.2, 0.25) is 0 Å². The van der Waals surface area contributed by atoms with Crippen LogP contribution in [0, 0.1) is 0 Å². The molecule has 2 aromatic carbocycles. The Hall–Kier alpha value is -3.13. The highest BCUT2D eigenvalue weighted by molar-refractivity contribution is 7.21. The fraction of sp³-hybridized carbons (Fsp3) is 0.118. The molecule has 0 aliphatic carbocycles. The van der Waals surface area contributed by atoms with E-state index in [1.807, 2.05) is 24.3 Å². The maximum absolute atomic E-state index is 10.2. The second-order valence-corrected chi connectivity index (χ2v) is 6.54. The lowest BCUT2D eigenvalue weighted by Gasteiger charge is -2.17. The molecule has 0 amide bonds. The molecule has 0 saturated heterocycles. The van der Waals surface area contributed by atoms with E-state index in [-0.39, 0.29) is 5.88 Å². The van der Waals surface area contributed by atoms with Gasteiger partial charge < -0.3 is 19.6 Å². The van der Waals surface area contributed by atoms with Crippen molar-refractivity contribution in [2.45, 2.75) is 0 Å². The summed E-state index contributed by atoms with van der Waals surface area (Å²) in [7, 11) is 0. The Morgan fingerprint density at radius 3 is 2.72 bits per heavy atom. The van der Waals surface area contributed by atoms with Gasteiger partial charge in [0.05, 0.1) is 15.7 Å². The molecule has 0 bridgehead atoms. The summed E-state index contributed by atoms with van der Waals surface area (Å²) in [6, 6.07) is 11.4. The Morgan fingerprint density at radius 1 is 1.08 bits per heavy atom. The molecular formula is C17H12N4O3S. The van der Waals surface area contributed by atoms with E-state index in [0.29, 0.717) is 46.4 Å². The number of nitrogens with one attached hydrogen (secondary N) is 1. The monoisotopic (exact) mass is 352 g/mol. The maximum Gasteiger partial charge on any atom is 0.231 e. The van der Waals surface area contributed by atoms with Crippen LogP contribution >= 0.6 is 11.3 Å². The summed E-state index contributed by atoms with van der Waals surface area (Å²) >= 11 is 1.45. The predicted octanol–water partition coefficient (Wildman–Crippen LogP) is 4.67. The van der Waals surface area contributed by atoms with Crippen molar-refractivity contribution in [3.8, 4) is 17.4 Å². The Bertz CT molecular complexity index is 1100. The number of rotatable bonds is 2. The van der Waals surface area contributed by atoms with Crippen LogP contribution in [-0.4, -0.2) is 28.3 Å². The number of hydrogen-bond acceptors (Lipinski definition) is 7. The number of aromatic hydroxyl groups is 1. The molecule has 5 rings (SSSR count). The predicted molar refractivity (Wildman–Crippen MR) is 94.7 cm³/mol. The summed E-state index contributed by atoms with van der Waals surface area (Å²) in [4.78, 5) is 7.30. The van der Waals surface area contributed by atoms with Crippen LogP contribution < -0.4 is 9.47 Å². The number of aromatic nitrogens is 2. The number of fused-ring (bicyclic) bond motifs is 3. The smallest absolute Gasteiger partial charge is 0.231 e. The van der Waals surface area contributed by atoms with Gasteiger partial charge in [-0.15, -0.1) is 10.2 Å². The molecule has 0 unspecified atom stereocenters. The highest BCUT2D eigenvalue weighted by atomic mass is 32.1. The fourth-order valence-electron chi connectivity index (χ4n) is 2.80. The van der Waals surface area contributed by atoms with E-state index in [4.69, 9.17) is 9.47 Å². The summed E-state index contributed by atoms with van der Waals surface area (Å²) in [5.41, 5.74) is 1.94. The van der Waals surface area contributed by atoms with Crippen molar-refractivity contribution in [3.63, 3.8) is 0 Å². The molecule has 0 saturated carbocycles. The molecule has 124 valence electrons. The minimum atomic E-state index is -0.0535. The summed E-state index contributed by atoms with van der Waals surface area (Å²) in [5.74, 6) is 1.23. The Balaban J connectivity index is 1.58. The number of benzene rings is 2. The van der Waals surface area contributed by atoms with E-state index in [1.165, 1.54) is 11.3 Å². The number of nitrogens with zero attached hydrogens (tertiary/aromatic N) is 3. The van der Waals surface area contributed by atoms with Gasteiger partial charge in [0.2, 0.25) is 11.0 Å². The third-order valence-corrected chi connectivity index (χ3v) is 4.85. The number of ether oxygens (including phenoxy) is 2. The van der Waals surface area contributed by atoms with Gasteiger partial charge in [-0.05, 0) is 18.2 Å². The van der Waals surface area contributed by atoms with Crippen molar-refractivity contribution in [2.75, 3.05) is 13.2 Å². The van der Waals surface area contributed by atoms with E-state index in [2.05, 4.69) is 20.2 Å². The second-order valence-electron chi connectivity index (χ2n) is 5.53. The third kappa shape index (κ3) is 2.38. The number of thiazole rings is 1. The largest absolute Gasteiger partial charge is 0.493 e. The minimum absolute atomic E-state index is 0.0535. The lowest BCUT2D eigenvalue weighted by atomic mass is 10.2. The summed E-state index contributed by atoms with van der Waals surface area (Å²) in [6.45, 7) is 1.01. The highest BCUT2D eigenvalue weighted by Gasteiger charge is 2.18. The standard InChI is InChI=1S/C17H12N4O3S/c22-16-15(20-21-17-19-10-3-1-2-4-14(10)25-17)9-7-12-13(8-11(9)18-16)24-6-5-23-12/h1-4,7-8,18,22H,5-6H2. The third-order valence-electron chi connectivity index (χ3n) is 3.93. The van der Waals surface area contributed by atoms with E-state index < -0.39 is 0 Å². The van der Waals surface area contributed by atoms with E-state index in [1.54, 1.807) is 12.1 Å². The van der Waals surface area contributed by atoms with Crippen molar-refractivity contribution in [1.82, 2.24) is 9.97 Å². The summed E-state index contributed by atoms with van der Waals surface area (Å²) in [6.07, 6.45) is 0. The molecule has 0 radical (unpaired) electrons. The Labute approximate surface area is 145 Å². The topological polar surface area (TPSA) is 92.1 Å². The molecule has 1 aliphatic heterocycles. The van der Waals surface area contributed by atoms with E-state index in [0.717, 1.165) is 10.2 Å². The van der Waals surface area contributed by atoms with Crippen LogP contribution in [0.15, 0.2) is 46.6 Å². The van der Waals surface area contributed by atoms with Gasteiger partial charge >= 0.3 is 0 Å². The number of hydrogen-bond donors (Lipinski definition) is 2. The molecule has 0 fully saturated rings. The van der Waals surface area contributed by atoms with Gasteiger partial charge in [0.1, 0.15) is 13.2 Å². The van der Waals surface area contributed by atoms with E-state index >= 15 is 0 Å². The number of H-pyrrole nitrogens is 1. The highest BCUT2D eigenvalue weighted by Crippen LogP contribution is 2.42. The molecule has 8 heteroatoms. The lowest BCUT2D eigenvalue weighted by molar-refractivity contribution is 0.172. The zero-order valence-electron chi connectivity index (χ0n) is 12.9. The van der Waals surface area contributed by atoms with Gasteiger partial charge in [-0.2, -0.15) is 0 Å². The molecule has 4 aromatic rings. The van der Waals surface area contributed by atoms with Crippen molar-refractivity contribution >= 4 is 43.3 Å².